The van der Waals surface area contributed by atoms with Crippen molar-refractivity contribution in [3.63, 3.8) is 0 Å². The van der Waals surface area contributed by atoms with Crippen LogP contribution in [0.1, 0.15) is 40.5 Å². The fourth-order valence-corrected chi connectivity index (χ4v) is 3.62. The van der Waals surface area contributed by atoms with Crippen molar-refractivity contribution >= 4 is 0 Å². The zero-order valence-corrected chi connectivity index (χ0v) is 13.7. The number of hydrogen-bond donors (Lipinski definition) is 2. The van der Waals surface area contributed by atoms with Crippen molar-refractivity contribution in [2.24, 2.45) is 5.73 Å². The van der Waals surface area contributed by atoms with E-state index in [9.17, 15) is 0 Å². The Morgan fingerprint density at radius 1 is 1.09 bits per heavy atom. The van der Waals surface area contributed by atoms with Crippen molar-refractivity contribution in [1.82, 2.24) is 0 Å². The molecule has 0 aromatic carbocycles. The normalized spacial score (nSPS) is 46.1. The molecule has 0 spiro atoms. The molecule has 3 rings (SSSR count). The van der Waals surface area contributed by atoms with Crippen LogP contribution in [-0.4, -0.2) is 60.0 Å². The molecule has 0 saturated carbocycles. The molecular weight excluding hydrogens is 290 g/mol. The average Bonchev–Trinajstić information content (AvgIpc) is 2.97. The van der Waals surface area contributed by atoms with Gasteiger partial charge in [0.1, 0.15) is 18.3 Å². The van der Waals surface area contributed by atoms with Crippen molar-refractivity contribution in [2.75, 3.05) is 13.2 Å². The summed E-state index contributed by atoms with van der Waals surface area (Å²) in [6.07, 6.45) is 0.0895. The lowest BCUT2D eigenvalue weighted by Gasteiger charge is -2.30. The molecule has 0 unspecified atom stereocenters. The minimum absolute atomic E-state index is 0.0671. The minimum Gasteiger partial charge on any atom is -0.396 e. The predicted molar refractivity (Wildman–Crippen MR) is 76.8 cm³/mol. The third-order valence-corrected chi connectivity index (χ3v) is 4.41. The third kappa shape index (κ3) is 2.80. The first-order valence-corrected chi connectivity index (χ1v) is 7.92. The summed E-state index contributed by atoms with van der Waals surface area (Å²) in [5.74, 6) is -2.31. The molecule has 3 aliphatic rings. The van der Waals surface area contributed by atoms with E-state index in [1.807, 2.05) is 27.7 Å². The van der Waals surface area contributed by atoms with Gasteiger partial charge in [0.05, 0.1) is 12.6 Å². The number of aliphatic hydroxyl groups excluding tert-OH is 1. The quantitative estimate of drug-likeness (QED) is 0.779. The van der Waals surface area contributed by atoms with Crippen LogP contribution in [0.4, 0.5) is 0 Å². The lowest BCUT2D eigenvalue weighted by atomic mass is 9.98. The third-order valence-electron chi connectivity index (χ3n) is 4.41. The Morgan fingerprint density at radius 3 is 2.41 bits per heavy atom. The van der Waals surface area contributed by atoms with E-state index in [1.54, 1.807) is 0 Å². The lowest BCUT2D eigenvalue weighted by Crippen LogP contribution is -2.48. The molecule has 5 atom stereocenters. The predicted octanol–water partition coefficient (Wildman–Crippen LogP) is 0.484. The summed E-state index contributed by atoms with van der Waals surface area (Å²) in [6, 6.07) is -0.372. The average molecular weight is 317 g/mol. The Balaban J connectivity index is 1.78. The molecule has 22 heavy (non-hydrogen) atoms. The Morgan fingerprint density at radius 2 is 1.82 bits per heavy atom. The second-order valence-electron chi connectivity index (χ2n) is 7.21. The van der Waals surface area contributed by atoms with Crippen molar-refractivity contribution < 1.29 is 28.8 Å². The van der Waals surface area contributed by atoms with Gasteiger partial charge in [0.2, 0.25) is 0 Å². The zero-order valence-electron chi connectivity index (χ0n) is 13.7. The molecule has 0 aliphatic carbocycles. The van der Waals surface area contributed by atoms with Crippen molar-refractivity contribution in [3.8, 4) is 0 Å². The number of aliphatic hydroxyl groups is 1. The first-order valence-electron chi connectivity index (χ1n) is 7.92. The molecule has 3 N–H and O–H groups in total. The van der Waals surface area contributed by atoms with Gasteiger partial charge in [0.15, 0.2) is 17.4 Å². The van der Waals surface area contributed by atoms with Gasteiger partial charge in [-0.2, -0.15) is 0 Å². The molecule has 0 radical (unpaired) electrons. The van der Waals surface area contributed by atoms with Crippen LogP contribution in [0.3, 0.4) is 0 Å². The highest BCUT2D eigenvalue weighted by Gasteiger charge is 2.65. The van der Waals surface area contributed by atoms with Crippen LogP contribution in [0.5, 0.6) is 0 Å². The van der Waals surface area contributed by atoms with Gasteiger partial charge < -0.3 is 34.5 Å². The van der Waals surface area contributed by atoms with E-state index >= 15 is 0 Å². The summed E-state index contributed by atoms with van der Waals surface area (Å²) in [7, 11) is 0. The molecule has 0 bridgehead atoms. The molecule has 128 valence electrons. The molecule has 7 heteroatoms. The van der Waals surface area contributed by atoms with E-state index in [4.69, 9.17) is 34.5 Å². The number of hydrogen-bond acceptors (Lipinski definition) is 7. The summed E-state index contributed by atoms with van der Waals surface area (Å²) in [5, 5.41) is 9.16. The Bertz CT molecular complexity index is 428. The van der Waals surface area contributed by atoms with Gasteiger partial charge in [-0.3, -0.25) is 0 Å². The monoisotopic (exact) mass is 317 g/mol. The van der Waals surface area contributed by atoms with Gasteiger partial charge in [0, 0.05) is 13.0 Å². The summed E-state index contributed by atoms with van der Waals surface area (Å²) in [5.41, 5.74) is 6.38. The minimum atomic E-state index is -0.924. The molecular formula is C15H27NO6. The Hall–Kier alpha value is -0.280. The molecule has 3 heterocycles. The molecule has 3 aliphatic heterocycles. The fourth-order valence-electron chi connectivity index (χ4n) is 3.62. The van der Waals surface area contributed by atoms with E-state index < -0.39 is 17.4 Å². The second-order valence-corrected chi connectivity index (χ2v) is 7.21. The van der Waals surface area contributed by atoms with Crippen LogP contribution in [0, 0.1) is 0 Å². The molecule has 0 aromatic rings. The van der Waals surface area contributed by atoms with E-state index in [1.165, 1.54) is 0 Å². The maximum absolute atomic E-state index is 9.16. The van der Waals surface area contributed by atoms with Gasteiger partial charge in [-0.25, -0.2) is 0 Å². The van der Waals surface area contributed by atoms with Gasteiger partial charge in [-0.1, -0.05) is 0 Å². The van der Waals surface area contributed by atoms with Gasteiger partial charge in [-0.15, -0.1) is 0 Å². The largest absolute Gasteiger partial charge is 0.396 e. The smallest absolute Gasteiger partial charge is 0.200 e. The summed E-state index contributed by atoms with van der Waals surface area (Å²) in [6.45, 7) is 7.91. The summed E-state index contributed by atoms with van der Waals surface area (Å²) in [4.78, 5) is 0. The van der Waals surface area contributed by atoms with Gasteiger partial charge in [0.25, 0.3) is 0 Å². The van der Waals surface area contributed by atoms with Crippen LogP contribution < -0.4 is 5.73 Å². The SMILES string of the molecule is CC1(C)OC[C@H]([C@H]2O[C@]3(CCCO)OC(C)(C)O[C@@H]3[C@H]2N)O1. The Labute approximate surface area is 131 Å². The van der Waals surface area contributed by atoms with Crippen molar-refractivity contribution in [2.45, 2.75) is 82.3 Å². The van der Waals surface area contributed by atoms with E-state index in [2.05, 4.69) is 0 Å². The van der Waals surface area contributed by atoms with Crippen molar-refractivity contribution in [1.29, 1.82) is 0 Å². The maximum Gasteiger partial charge on any atom is 0.200 e. The highest BCUT2D eigenvalue weighted by molar-refractivity contribution is 5.07. The highest BCUT2D eigenvalue weighted by Crippen LogP contribution is 2.48. The second kappa shape index (κ2) is 5.37. The summed E-state index contributed by atoms with van der Waals surface area (Å²) >= 11 is 0. The first-order chi connectivity index (χ1) is 10.2. The number of rotatable bonds is 4. The van der Waals surface area contributed by atoms with E-state index in [0.717, 1.165) is 0 Å². The van der Waals surface area contributed by atoms with Crippen molar-refractivity contribution in [3.05, 3.63) is 0 Å². The van der Waals surface area contributed by atoms with Gasteiger partial charge >= 0.3 is 0 Å². The number of ether oxygens (including phenoxy) is 5. The number of nitrogens with two attached hydrogens (primary N) is 1. The molecule has 3 saturated heterocycles. The molecule has 3 fully saturated rings. The zero-order chi connectivity index (χ0) is 16.2. The molecule has 0 aromatic heterocycles. The van der Waals surface area contributed by atoms with Crippen LogP contribution in [0.25, 0.3) is 0 Å². The molecule has 0 amide bonds. The van der Waals surface area contributed by atoms with Crippen LogP contribution in [-0.2, 0) is 23.7 Å². The Kier molecular flexibility index (Phi) is 4.05. The maximum atomic E-state index is 9.16. The van der Waals surface area contributed by atoms with E-state index in [-0.39, 0.29) is 31.0 Å². The lowest BCUT2D eigenvalue weighted by molar-refractivity contribution is -0.274. The number of fused-ring (bicyclic) bond motifs is 1. The topological polar surface area (TPSA) is 92.4 Å². The molecule has 7 nitrogen and oxygen atoms in total. The summed E-state index contributed by atoms with van der Waals surface area (Å²) < 4.78 is 29.7. The first kappa shape index (κ1) is 16.6. The van der Waals surface area contributed by atoms with Crippen LogP contribution >= 0.6 is 0 Å². The highest BCUT2D eigenvalue weighted by atomic mass is 16.9. The van der Waals surface area contributed by atoms with Crippen LogP contribution in [0.15, 0.2) is 0 Å². The van der Waals surface area contributed by atoms with Gasteiger partial charge in [-0.05, 0) is 34.1 Å². The van der Waals surface area contributed by atoms with E-state index in [0.29, 0.717) is 19.4 Å². The fraction of sp³-hybridized carbons (Fsp3) is 1.00. The standard InChI is InChI=1S/C15H27NO6/c1-13(2)18-8-9(19-13)11-10(16)12-15(20-11,6-5-7-17)22-14(3,4)21-12/h9-12,17H,5-8,16H2,1-4H3/t9-,10+,11-,12-,15-/m1/s1. The van der Waals surface area contributed by atoms with Crippen LogP contribution in [0.2, 0.25) is 0 Å².